The molecule has 0 atom stereocenters. The van der Waals surface area contributed by atoms with Gasteiger partial charge in [-0.2, -0.15) is 0 Å². The zero-order chi connectivity index (χ0) is 35.9. The molecule has 0 unspecified atom stereocenters. The van der Waals surface area contributed by atoms with Gasteiger partial charge in [0.15, 0.2) is 11.6 Å². The highest BCUT2D eigenvalue weighted by molar-refractivity contribution is 6.36. The molecule has 1 fully saturated rings. The maximum atomic E-state index is 16.0. The summed E-state index contributed by atoms with van der Waals surface area (Å²) in [5.41, 5.74) is 3.51. The van der Waals surface area contributed by atoms with Gasteiger partial charge in [-0.25, -0.2) is 13.8 Å². The van der Waals surface area contributed by atoms with Gasteiger partial charge in [0.05, 0.1) is 28.0 Å². The molecule has 262 valence electrons. The number of benzene rings is 3. The third kappa shape index (κ3) is 6.75. The number of anilines is 1. The Hall–Kier alpha value is -4.29. The molecule has 6 rings (SSSR count). The molecule has 1 amide bonds. The number of carboxylic acids is 1. The summed E-state index contributed by atoms with van der Waals surface area (Å²) in [6.07, 6.45) is 2.90. The monoisotopic (exact) mass is 723 g/mol. The Kier molecular flexibility index (Phi) is 10.1. The Morgan fingerprint density at radius 1 is 1.12 bits per heavy atom. The second-order valence-electron chi connectivity index (χ2n) is 12.7. The topological polar surface area (TPSA) is 109 Å². The number of carbonyl (C=O) groups excluding carboxylic acids is 1. The van der Waals surface area contributed by atoms with Crippen molar-refractivity contribution in [3.8, 4) is 16.9 Å². The molecule has 13 heteroatoms. The van der Waals surface area contributed by atoms with Crippen molar-refractivity contribution < 1.29 is 28.2 Å². The number of ether oxygens (including phenoxy) is 1. The van der Waals surface area contributed by atoms with Crippen LogP contribution in [0, 0.1) is 12.7 Å². The first-order valence-electron chi connectivity index (χ1n) is 16.3. The normalized spacial score (nSPS) is 15.5. The molecule has 0 bridgehead atoms. The Morgan fingerprint density at radius 2 is 1.84 bits per heavy atom. The summed E-state index contributed by atoms with van der Waals surface area (Å²) in [5.74, 6) is -2.72. The van der Waals surface area contributed by atoms with E-state index in [1.54, 1.807) is 31.2 Å². The zero-order valence-corrected chi connectivity index (χ0v) is 29.6. The van der Waals surface area contributed by atoms with E-state index in [-0.39, 0.29) is 35.9 Å². The highest BCUT2D eigenvalue weighted by Gasteiger charge is 2.50. The van der Waals surface area contributed by atoms with Gasteiger partial charge >= 0.3 is 5.97 Å². The first-order chi connectivity index (χ1) is 23.8. The van der Waals surface area contributed by atoms with Crippen molar-refractivity contribution in [2.45, 2.75) is 51.7 Å². The van der Waals surface area contributed by atoms with Crippen LogP contribution in [0.25, 0.3) is 23.0 Å². The Balaban J connectivity index is 1.28. The van der Waals surface area contributed by atoms with Gasteiger partial charge < -0.3 is 24.6 Å². The molecule has 3 N–H and O–H groups in total. The number of likely N-dealkylation sites (N-methyl/N-ethyl adjacent to an activating group) is 1. The lowest BCUT2D eigenvalue weighted by Crippen LogP contribution is -2.38. The molecule has 50 heavy (non-hydrogen) atoms. The molecule has 1 aliphatic carbocycles. The number of carbonyl (C=O) groups is 2. The quantitative estimate of drug-likeness (QED) is 0.136. The number of nitrogens with one attached hydrogen (secondary N) is 2. The van der Waals surface area contributed by atoms with Crippen LogP contribution in [-0.2, 0) is 31.4 Å². The van der Waals surface area contributed by atoms with E-state index in [1.165, 1.54) is 12.1 Å². The van der Waals surface area contributed by atoms with Crippen molar-refractivity contribution in [2.75, 3.05) is 25.5 Å². The van der Waals surface area contributed by atoms with Crippen LogP contribution in [0.2, 0.25) is 10.0 Å². The van der Waals surface area contributed by atoms with Gasteiger partial charge in [0.1, 0.15) is 17.1 Å². The third-order valence-electron chi connectivity index (χ3n) is 9.43. The maximum Gasteiger partial charge on any atom is 0.323 e. The fourth-order valence-electron chi connectivity index (χ4n) is 6.30. The van der Waals surface area contributed by atoms with E-state index in [9.17, 15) is 14.7 Å². The number of nitrogens with zero attached hydrogens (tertiary/aromatic N) is 3. The van der Waals surface area contributed by atoms with Crippen molar-refractivity contribution in [1.29, 1.82) is 0 Å². The average molecular weight is 725 g/mol. The summed E-state index contributed by atoms with van der Waals surface area (Å²) >= 11 is 13.3. The summed E-state index contributed by atoms with van der Waals surface area (Å²) < 4.78 is 39.1. The molecule has 3 aromatic carbocycles. The lowest BCUT2D eigenvalue weighted by atomic mass is 9.95. The minimum absolute atomic E-state index is 0.0239. The van der Waals surface area contributed by atoms with E-state index in [4.69, 9.17) is 27.9 Å². The third-order valence-corrected chi connectivity index (χ3v) is 10.2. The van der Waals surface area contributed by atoms with Crippen LogP contribution in [0.1, 0.15) is 64.0 Å². The van der Waals surface area contributed by atoms with Gasteiger partial charge in [0.25, 0.3) is 5.91 Å². The van der Waals surface area contributed by atoms with Gasteiger partial charge in [-0.3, -0.25) is 14.9 Å². The Labute approximate surface area is 298 Å². The van der Waals surface area contributed by atoms with Gasteiger partial charge in [-0.1, -0.05) is 53.5 Å². The first kappa shape index (κ1) is 35.5. The molecule has 1 aliphatic heterocycles. The van der Waals surface area contributed by atoms with Crippen LogP contribution in [0.3, 0.4) is 0 Å². The number of aliphatic carboxylic acids is 1. The zero-order valence-electron chi connectivity index (χ0n) is 28.1. The highest BCUT2D eigenvalue weighted by Crippen LogP contribution is 2.41. The standard InChI is InChI=1S/C37H37Cl2F2N5O4/c1-5-50-30-17-24(32(39)33(41)25(30)18-42-37(13-14-37)36(48)49)26(40)16-21-8-6-9-22(20(21)2)23-10-7-11-27(31(23)38)44-35(47)34-43-28-19-45(3)15-12-29(28)46(34)4/h6-11,16-17,42H,5,12-15,18-19H2,1-4H3,(H,44,47)(H,48,49)/b26-16-. The van der Waals surface area contributed by atoms with Crippen LogP contribution in [0.4, 0.5) is 14.5 Å². The SMILES string of the molecule is CCOc1cc(/C(F)=C/c2cccc(-c3cccc(NC(=O)c4nc5c(n4C)CCN(C)C5)c3Cl)c2C)c(Cl)c(F)c1CNC1(C(=O)O)CC1. The van der Waals surface area contributed by atoms with Crippen LogP contribution in [0.15, 0.2) is 42.5 Å². The van der Waals surface area contributed by atoms with Crippen molar-refractivity contribution in [3.63, 3.8) is 0 Å². The Morgan fingerprint density at radius 3 is 2.54 bits per heavy atom. The molecular formula is C37H37Cl2F2N5O4. The molecule has 2 heterocycles. The number of fused-ring (bicyclic) bond motifs is 1. The fraction of sp³-hybridized carbons (Fsp3) is 0.324. The summed E-state index contributed by atoms with van der Waals surface area (Å²) in [5, 5.41) is 15.2. The van der Waals surface area contributed by atoms with Crippen LogP contribution < -0.4 is 15.4 Å². The summed E-state index contributed by atoms with van der Waals surface area (Å²) in [4.78, 5) is 31.7. The van der Waals surface area contributed by atoms with Gasteiger partial charge in [-0.05, 0) is 68.6 Å². The lowest BCUT2D eigenvalue weighted by Gasteiger charge is -2.21. The van der Waals surface area contributed by atoms with E-state index in [0.717, 1.165) is 24.4 Å². The molecule has 2 aliphatic rings. The molecule has 4 aromatic rings. The molecule has 9 nitrogen and oxygen atoms in total. The van der Waals surface area contributed by atoms with Crippen molar-refractivity contribution in [2.24, 2.45) is 7.05 Å². The van der Waals surface area contributed by atoms with Gasteiger partial charge in [0, 0.05) is 55.5 Å². The largest absolute Gasteiger partial charge is 0.493 e. The average Bonchev–Trinajstić information content (AvgIpc) is 3.81. The van der Waals surface area contributed by atoms with E-state index in [2.05, 4.69) is 20.5 Å². The second-order valence-corrected chi connectivity index (χ2v) is 13.5. The van der Waals surface area contributed by atoms with Gasteiger partial charge in [0.2, 0.25) is 0 Å². The Bertz CT molecular complexity index is 2040. The number of carboxylic acid groups (broad SMARTS) is 1. The van der Waals surface area contributed by atoms with Crippen LogP contribution >= 0.6 is 23.2 Å². The molecule has 0 radical (unpaired) electrons. The van der Waals surface area contributed by atoms with Crippen molar-refractivity contribution in [1.82, 2.24) is 19.8 Å². The molecule has 0 saturated heterocycles. The maximum absolute atomic E-state index is 16.0. The van der Waals surface area contributed by atoms with Crippen LogP contribution in [0.5, 0.6) is 5.75 Å². The highest BCUT2D eigenvalue weighted by atomic mass is 35.5. The predicted octanol–water partition coefficient (Wildman–Crippen LogP) is 7.65. The van der Waals surface area contributed by atoms with Crippen LogP contribution in [-0.4, -0.2) is 57.2 Å². The number of amides is 1. The molecule has 1 aromatic heterocycles. The molecular weight excluding hydrogens is 687 g/mol. The summed E-state index contributed by atoms with van der Waals surface area (Å²) in [6.45, 7) is 5.10. The number of aromatic nitrogens is 2. The van der Waals surface area contributed by atoms with E-state index in [1.807, 2.05) is 37.7 Å². The fourth-order valence-corrected chi connectivity index (χ4v) is 6.84. The summed E-state index contributed by atoms with van der Waals surface area (Å²) in [6, 6.07) is 11.9. The lowest BCUT2D eigenvalue weighted by molar-refractivity contribution is -0.140. The number of imidazole rings is 1. The van der Waals surface area contributed by atoms with E-state index in [0.29, 0.717) is 58.2 Å². The number of hydrogen-bond acceptors (Lipinski definition) is 6. The number of rotatable bonds is 11. The number of hydrogen-bond donors (Lipinski definition) is 3. The van der Waals surface area contributed by atoms with Crippen molar-refractivity contribution >= 4 is 52.7 Å². The molecule has 0 spiro atoms. The first-order valence-corrected chi connectivity index (χ1v) is 17.0. The predicted molar refractivity (Wildman–Crippen MR) is 191 cm³/mol. The second kappa shape index (κ2) is 14.1. The van der Waals surface area contributed by atoms with Crippen molar-refractivity contribution in [3.05, 3.63) is 97.8 Å². The summed E-state index contributed by atoms with van der Waals surface area (Å²) in [7, 11) is 3.85. The van der Waals surface area contributed by atoms with E-state index < -0.39 is 28.2 Å². The minimum atomic E-state index is -1.11. The van der Waals surface area contributed by atoms with E-state index >= 15 is 8.78 Å². The minimum Gasteiger partial charge on any atom is -0.493 e. The van der Waals surface area contributed by atoms with Gasteiger partial charge in [-0.15, -0.1) is 0 Å². The smallest absolute Gasteiger partial charge is 0.323 e. The number of halogens is 4. The molecule has 1 saturated carbocycles.